The van der Waals surface area contributed by atoms with Crippen LogP contribution in [0.25, 0.3) is 0 Å². The Hall–Kier alpha value is -2.04. The molecule has 0 bridgehead atoms. The average Bonchev–Trinajstić information content (AvgIpc) is 2.69. The second-order valence-electron chi connectivity index (χ2n) is 7.19. The summed E-state index contributed by atoms with van der Waals surface area (Å²) in [6.45, 7) is 2.77. The fourth-order valence-electron chi connectivity index (χ4n) is 2.97. The summed E-state index contributed by atoms with van der Waals surface area (Å²) in [6, 6.07) is 8.12. The van der Waals surface area contributed by atoms with Gasteiger partial charge in [0, 0.05) is 12.8 Å². The Labute approximate surface area is 169 Å². The lowest BCUT2D eigenvalue weighted by atomic mass is 10.0. The number of carbonyl (C=O) groups excluding carboxylic acids is 1. The zero-order valence-electron chi connectivity index (χ0n) is 17.3. The number of carbonyl (C=O) groups is 2. The number of ether oxygens (including phenoxy) is 2. The summed E-state index contributed by atoms with van der Waals surface area (Å²) < 4.78 is 10.7. The Kier molecular flexibility index (Phi) is 13.7. The maximum atomic E-state index is 11.5. The van der Waals surface area contributed by atoms with Gasteiger partial charge in [-0.2, -0.15) is 0 Å². The predicted octanol–water partition coefficient (Wildman–Crippen LogP) is 5.55. The highest BCUT2D eigenvalue weighted by Crippen LogP contribution is 2.15. The third-order valence-electron chi connectivity index (χ3n) is 4.63. The van der Waals surface area contributed by atoms with Crippen molar-refractivity contribution in [2.75, 3.05) is 13.2 Å². The van der Waals surface area contributed by atoms with Crippen molar-refractivity contribution in [1.29, 1.82) is 0 Å². The number of esters is 1. The number of hydrogen-bond donors (Lipinski definition) is 1. The van der Waals surface area contributed by atoms with Crippen molar-refractivity contribution in [2.24, 2.45) is 0 Å². The molecule has 0 fully saturated rings. The van der Waals surface area contributed by atoms with Crippen molar-refractivity contribution < 1.29 is 24.2 Å². The number of aliphatic carboxylic acids is 1. The van der Waals surface area contributed by atoms with Crippen LogP contribution in [0.2, 0.25) is 0 Å². The molecule has 0 aromatic heterocycles. The molecule has 1 N–H and O–H groups in total. The normalized spacial score (nSPS) is 10.6. The highest BCUT2D eigenvalue weighted by molar-refractivity contribution is 5.69. The molecule has 0 unspecified atom stereocenters. The van der Waals surface area contributed by atoms with Crippen LogP contribution < -0.4 is 4.74 Å². The van der Waals surface area contributed by atoms with Crippen LogP contribution in [0.4, 0.5) is 0 Å². The van der Waals surface area contributed by atoms with Gasteiger partial charge in [-0.25, -0.2) is 0 Å². The van der Waals surface area contributed by atoms with E-state index in [0.29, 0.717) is 19.4 Å². The van der Waals surface area contributed by atoms with Gasteiger partial charge in [-0.05, 0) is 43.4 Å². The van der Waals surface area contributed by atoms with Crippen LogP contribution in [-0.2, 0) is 20.7 Å². The Bertz CT molecular complexity index is 538. The van der Waals surface area contributed by atoms with E-state index in [2.05, 4.69) is 19.1 Å². The highest BCUT2D eigenvalue weighted by atomic mass is 16.6. The van der Waals surface area contributed by atoms with E-state index >= 15 is 0 Å². The van der Waals surface area contributed by atoms with Crippen LogP contribution in [0.3, 0.4) is 0 Å². The van der Waals surface area contributed by atoms with Gasteiger partial charge >= 0.3 is 11.9 Å². The molecule has 0 amide bonds. The van der Waals surface area contributed by atoms with Crippen LogP contribution in [0.1, 0.15) is 83.1 Å². The molecule has 0 saturated heterocycles. The minimum Gasteiger partial charge on any atom is -0.490 e. The SMILES string of the molecule is CCCCCCCCCc1ccc(OCCOC(=O)CCCCC(=O)O)cc1. The maximum absolute atomic E-state index is 11.5. The molecule has 0 spiro atoms. The Morgan fingerprint density at radius 2 is 1.46 bits per heavy atom. The quantitative estimate of drug-likeness (QED) is 0.278. The number of unbranched alkanes of at least 4 members (excludes halogenated alkanes) is 7. The summed E-state index contributed by atoms with van der Waals surface area (Å²) in [7, 11) is 0. The molecule has 0 saturated carbocycles. The van der Waals surface area contributed by atoms with Crippen molar-refractivity contribution in [3.8, 4) is 5.75 Å². The third-order valence-corrected chi connectivity index (χ3v) is 4.63. The lowest BCUT2D eigenvalue weighted by Crippen LogP contribution is -2.12. The summed E-state index contributed by atoms with van der Waals surface area (Å²) in [5.41, 5.74) is 1.33. The smallest absolute Gasteiger partial charge is 0.305 e. The fraction of sp³-hybridized carbons (Fsp3) is 0.652. The van der Waals surface area contributed by atoms with Crippen LogP contribution in [0, 0.1) is 0 Å². The lowest BCUT2D eigenvalue weighted by molar-refractivity contribution is -0.145. The van der Waals surface area contributed by atoms with Crippen molar-refractivity contribution in [3.63, 3.8) is 0 Å². The number of aryl methyl sites for hydroxylation is 1. The second kappa shape index (κ2) is 16.0. The minimum absolute atomic E-state index is 0.0886. The van der Waals surface area contributed by atoms with Gasteiger partial charge in [-0.3, -0.25) is 9.59 Å². The number of rotatable bonds is 17. The van der Waals surface area contributed by atoms with E-state index in [-0.39, 0.29) is 25.4 Å². The summed E-state index contributed by atoms with van der Waals surface area (Å²) in [4.78, 5) is 21.9. The third kappa shape index (κ3) is 13.2. The number of benzene rings is 1. The van der Waals surface area contributed by atoms with Crippen molar-refractivity contribution >= 4 is 11.9 Å². The molecule has 0 atom stereocenters. The molecule has 0 aliphatic heterocycles. The van der Waals surface area contributed by atoms with E-state index in [1.165, 1.54) is 50.5 Å². The zero-order valence-corrected chi connectivity index (χ0v) is 17.3. The van der Waals surface area contributed by atoms with Crippen LogP contribution in [0.15, 0.2) is 24.3 Å². The highest BCUT2D eigenvalue weighted by Gasteiger charge is 2.04. The summed E-state index contributed by atoms with van der Waals surface area (Å²) in [5, 5.41) is 8.53. The molecular weight excluding hydrogens is 356 g/mol. The molecular formula is C23H36O5. The van der Waals surface area contributed by atoms with E-state index in [9.17, 15) is 9.59 Å². The van der Waals surface area contributed by atoms with Crippen LogP contribution in [0.5, 0.6) is 5.75 Å². The van der Waals surface area contributed by atoms with Gasteiger partial charge in [0.1, 0.15) is 19.0 Å². The van der Waals surface area contributed by atoms with E-state index in [4.69, 9.17) is 14.6 Å². The summed E-state index contributed by atoms with van der Waals surface area (Å²) in [6.07, 6.45) is 11.7. The van der Waals surface area contributed by atoms with Gasteiger partial charge in [-0.15, -0.1) is 0 Å². The van der Waals surface area contributed by atoms with Crippen LogP contribution in [-0.4, -0.2) is 30.3 Å². The largest absolute Gasteiger partial charge is 0.490 e. The Morgan fingerprint density at radius 1 is 0.821 bits per heavy atom. The minimum atomic E-state index is -0.838. The number of hydrogen-bond acceptors (Lipinski definition) is 4. The second-order valence-corrected chi connectivity index (χ2v) is 7.19. The molecule has 1 aromatic carbocycles. The lowest BCUT2D eigenvalue weighted by Gasteiger charge is -2.08. The van der Waals surface area contributed by atoms with E-state index in [1.807, 2.05) is 12.1 Å². The molecule has 0 aliphatic carbocycles. The molecule has 158 valence electrons. The Morgan fingerprint density at radius 3 is 2.14 bits per heavy atom. The number of carboxylic acids is 1. The van der Waals surface area contributed by atoms with Gasteiger partial charge in [-0.1, -0.05) is 57.6 Å². The standard InChI is InChI=1S/C23H36O5/c1-2-3-4-5-6-7-8-11-20-14-16-21(17-15-20)27-18-19-28-23(26)13-10-9-12-22(24)25/h14-17H,2-13,18-19H2,1H3,(H,24,25). The first kappa shape index (κ1) is 24.0. The van der Waals surface area contributed by atoms with E-state index in [1.54, 1.807) is 0 Å². The first-order chi connectivity index (χ1) is 13.6. The van der Waals surface area contributed by atoms with E-state index < -0.39 is 5.97 Å². The van der Waals surface area contributed by atoms with Crippen molar-refractivity contribution in [3.05, 3.63) is 29.8 Å². The molecule has 0 heterocycles. The van der Waals surface area contributed by atoms with Crippen LogP contribution >= 0.6 is 0 Å². The predicted molar refractivity (Wildman–Crippen MR) is 111 cm³/mol. The van der Waals surface area contributed by atoms with Crippen molar-refractivity contribution in [2.45, 2.75) is 84.0 Å². The van der Waals surface area contributed by atoms with Gasteiger partial charge < -0.3 is 14.6 Å². The summed E-state index contributed by atoms with van der Waals surface area (Å²) in [5.74, 6) is -0.366. The van der Waals surface area contributed by atoms with Crippen molar-refractivity contribution in [1.82, 2.24) is 0 Å². The van der Waals surface area contributed by atoms with E-state index in [0.717, 1.165) is 12.2 Å². The molecule has 1 rings (SSSR count). The molecule has 0 aliphatic rings. The Balaban J connectivity index is 2.05. The van der Waals surface area contributed by atoms with Gasteiger partial charge in [0.05, 0.1) is 0 Å². The molecule has 5 heteroatoms. The molecule has 0 radical (unpaired) electrons. The van der Waals surface area contributed by atoms with Gasteiger partial charge in [0.15, 0.2) is 0 Å². The monoisotopic (exact) mass is 392 g/mol. The first-order valence-electron chi connectivity index (χ1n) is 10.7. The first-order valence-corrected chi connectivity index (χ1v) is 10.7. The van der Waals surface area contributed by atoms with Gasteiger partial charge in [0.2, 0.25) is 0 Å². The molecule has 5 nitrogen and oxygen atoms in total. The summed E-state index contributed by atoms with van der Waals surface area (Å²) >= 11 is 0. The fourth-order valence-corrected chi connectivity index (χ4v) is 2.97. The topological polar surface area (TPSA) is 72.8 Å². The molecule has 1 aromatic rings. The molecule has 28 heavy (non-hydrogen) atoms. The zero-order chi connectivity index (χ0) is 20.5. The maximum Gasteiger partial charge on any atom is 0.305 e. The average molecular weight is 393 g/mol. The van der Waals surface area contributed by atoms with Gasteiger partial charge in [0.25, 0.3) is 0 Å². The number of carboxylic acid groups (broad SMARTS) is 1.